The topological polar surface area (TPSA) is 78.9 Å². The van der Waals surface area contributed by atoms with Crippen LogP contribution in [0, 0.1) is 0 Å². The SMILES string of the molecule is CC/C=C/C=C/C=C/C=C/C=C/CCCC(=O)OCC(COC(=O)CCCCCCC/C=C/C=C/C=C/C=C/CCCCC)OC(=O)CCCCCCCCCCCCCCCCCCCC. The van der Waals surface area contributed by atoms with Gasteiger partial charge in [0, 0.05) is 19.3 Å². The highest BCUT2D eigenvalue weighted by Gasteiger charge is 2.19. The number of esters is 3. The summed E-state index contributed by atoms with van der Waals surface area (Å²) in [5, 5.41) is 0. The Bertz CT molecular complexity index is 1390. The largest absolute Gasteiger partial charge is 0.462 e. The van der Waals surface area contributed by atoms with Crippen LogP contribution >= 0.6 is 0 Å². The summed E-state index contributed by atoms with van der Waals surface area (Å²) < 4.78 is 16.8. The van der Waals surface area contributed by atoms with Gasteiger partial charge in [0.05, 0.1) is 0 Å². The summed E-state index contributed by atoms with van der Waals surface area (Å²) in [5.41, 5.74) is 0. The van der Waals surface area contributed by atoms with Crippen molar-refractivity contribution < 1.29 is 28.6 Å². The van der Waals surface area contributed by atoms with Crippen LogP contribution in [0.2, 0.25) is 0 Å². The fourth-order valence-electron chi connectivity index (χ4n) is 7.37. The first kappa shape index (κ1) is 63.1. The van der Waals surface area contributed by atoms with Crippen LogP contribution in [0.1, 0.15) is 239 Å². The highest BCUT2D eigenvalue weighted by atomic mass is 16.6. The van der Waals surface area contributed by atoms with Crippen molar-refractivity contribution in [2.24, 2.45) is 0 Å². The third-order valence-electron chi connectivity index (χ3n) is 11.5. The van der Waals surface area contributed by atoms with Gasteiger partial charge in [0.1, 0.15) is 13.2 Å². The molecule has 0 saturated heterocycles. The van der Waals surface area contributed by atoms with Crippen LogP contribution in [-0.2, 0) is 28.6 Å². The van der Waals surface area contributed by atoms with Crippen molar-refractivity contribution in [3.8, 4) is 0 Å². The molecule has 0 aromatic heterocycles. The maximum atomic E-state index is 12.8. The van der Waals surface area contributed by atoms with Gasteiger partial charge in [-0.25, -0.2) is 0 Å². The summed E-state index contributed by atoms with van der Waals surface area (Å²) in [6, 6.07) is 0. The molecule has 0 fully saturated rings. The molecule has 0 radical (unpaired) electrons. The van der Waals surface area contributed by atoms with E-state index in [0.717, 1.165) is 77.0 Å². The van der Waals surface area contributed by atoms with E-state index in [4.69, 9.17) is 14.2 Å². The van der Waals surface area contributed by atoms with Gasteiger partial charge in [-0.15, -0.1) is 0 Å². The number of hydrogen-bond acceptors (Lipinski definition) is 6. The molecule has 67 heavy (non-hydrogen) atoms. The van der Waals surface area contributed by atoms with Gasteiger partial charge in [0.25, 0.3) is 0 Å². The molecule has 0 aliphatic rings. The number of ether oxygens (including phenoxy) is 3. The number of unbranched alkanes of at least 4 members (excludes halogenated alkanes) is 26. The van der Waals surface area contributed by atoms with Crippen molar-refractivity contribution in [1.82, 2.24) is 0 Å². The van der Waals surface area contributed by atoms with Crippen LogP contribution in [-0.4, -0.2) is 37.2 Å². The quantitative estimate of drug-likeness (QED) is 0.0262. The normalized spacial score (nSPS) is 12.9. The number of hydrogen-bond donors (Lipinski definition) is 0. The average molecular weight is 929 g/mol. The third-order valence-corrected chi connectivity index (χ3v) is 11.5. The molecule has 6 nitrogen and oxygen atoms in total. The van der Waals surface area contributed by atoms with Crippen LogP contribution in [0.15, 0.2) is 109 Å². The summed E-state index contributed by atoms with van der Waals surface area (Å²) in [7, 11) is 0. The summed E-state index contributed by atoms with van der Waals surface area (Å²) in [6.07, 6.45) is 73.7. The van der Waals surface area contributed by atoms with Crippen molar-refractivity contribution >= 4 is 17.9 Å². The molecule has 0 N–H and O–H groups in total. The summed E-state index contributed by atoms with van der Waals surface area (Å²) in [4.78, 5) is 38.0. The van der Waals surface area contributed by atoms with Gasteiger partial charge >= 0.3 is 17.9 Å². The van der Waals surface area contributed by atoms with E-state index < -0.39 is 6.10 Å². The van der Waals surface area contributed by atoms with E-state index >= 15 is 0 Å². The highest BCUT2D eigenvalue weighted by Crippen LogP contribution is 2.16. The molecule has 6 heteroatoms. The van der Waals surface area contributed by atoms with E-state index in [9.17, 15) is 14.4 Å². The lowest BCUT2D eigenvalue weighted by Gasteiger charge is -2.18. The Balaban J connectivity index is 4.50. The molecular weight excluding hydrogens is 829 g/mol. The first-order valence-electron chi connectivity index (χ1n) is 27.5. The molecular formula is C61H100O6. The fourth-order valence-corrected chi connectivity index (χ4v) is 7.37. The van der Waals surface area contributed by atoms with E-state index in [0.29, 0.717) is 19.3 Å². The van der Waals surface area contributed by atoms with E-state index in [2.05, 4.69) is 75.5 Å². The Morgan fingerprint density at radius 1 is 0.313 bits per heavy atom. The van der Waals surface area contributed by atoms with Crippen LogP contribution in [0.5, 0.6) is 0 Å². The zero-order chi connectivity index (χ0) is 48.6. The molecule has 0 aromatic carbocycles. The van der Waals surface area contributed by atoms with Crippen molar-refractivity contribution in [1.29, 1.82) is 0 Å². The van der Waals surface area contributed by atoms with Gasteiger partial charge in [-0.1, -0.05) is 271 Å². The lowest BCUT2D eigenvalue weighted by molar-refractivity contribution is -0.167. The zero-order valence-electron chi connectivity index (χ0n) is 43.4. The number of carbonyl (C=O) groups excluding carboxylic acids is 3. The second-order valence-corrected chi connectivity index (χ2v) is 18.0. The molecule has 0 saturated carbocycles. The summed E-state index contributed by atoms with van der Waals surface area (Å²) in [5.74, 6) is -1.01. The molecule has 0 spiro atoms. The first-order valence-corrected chi connectivity index (χ1v) is 27.5. The van der Waals surface area contributed by atoms with E-state index in [1.165, 1.54) is 116 Å². The standard InChI is InChI=1S/C61H100O6/c1-4-7-10-13-16-19-22-25-27-29-31-33-36-39-42-45-48-51-54-60(63)66-57-58(56-65-59(62)53-50-47-44-41-38-35-24-21-18-15-12-9-6-3)67-61(64)55-52-49-46-43-40-37-34-32-30-28-26-23-20-17-14-11-8-5-2/h9,12,15-16,18-19,21-22,24-25,27,29,31,33,35,38,41,44,58H,4-8,10-11,13-14,17,20,23,26,28,30,32,34,36-37,39-40,42-43,45-57H2,1-3H3/b12-9+,18-15+,19-16+,24-21+,25-22+,29-27+,33-31+,38-35+,44-41+. The molecule has 0 amide bonds. The number of rotatable bonds is 48. The van der Waals surface area contributed by atoms with E-state index in [-0.39, 0.29) is 37.5 Å². The van der Waals surface area contributed by atoms with Gasteiger partial charge in [-0.05, 0) is 57.8 Å². The van der Waals surface area contributed by atoms with E-state index in [1.54, 1.807) is 0 Å². The zero-order valence-corrected chi connectivity index (χ0v) is 43.4. The summed E-state index contributed by atoms with van der Waals surface area (Å²) in [6.45, 7) is 6.38. The molecule has 0 aliphatic heterocycles. The van der Waals surface area contributed by atoms with Crippen molar-refractivity contribution in [2.75, 3.05) is 13.2 Å². The molecule has 0 bridgehead atoms. The smallest absolute Gasteiger partial charge is 0.306 e. The van der Waals surface area contributed by atoms with Gasteiger partial charge < -0.3 is 14.2 Å². The predicted octanol–water partition coefficient (Wildman–Crippen LogP) is 18.3. The average Bonchev–Trinajstić information content (AvgIpc) is 3.33. The van der Waals surface area contributed by atoms with Crippen LogP contribution in [0.25, 0.3) is 0 Å². The van der Waals surface area contributed by atoms with Crippen molar-refractivity contribution in [3.63, 3.8) is 0 Å². The number of carbonyl (C=O) groups is 3. The highest BCUT2D eigenvalue weighted by molar-refractivity contribution is 5.71. The number of allylic oxidation sites excluding steroid dienone is 18. The minimum atomic E-state index is -0.817. The van der Waals surface area contributed by atoms with Crippen molar-refractivity contribution in [3.05, 3.63) is 109 Å². The maximum Gasteiger partial charge on any atom is 0.306 e. The second kappa shape index (κ2) is 54.7. The monoisotopic (exact) mass is 929 g/mol. The third kappa shape index (κ3) is 52.9. The van der Waals surface area contributed by atoms with Crippen molar-refractivity contribution in [2.45, 2.75) is 245 Å². The van der Waals surface area contributed by atoms with Crippen LogP contribution in [0.4, 0.5) is 0 Å². The molecule has 0 rings (SSSR count). The fraction of sp³-hybridized carbons (Fsp3) is 0.656. The molecule has 1 atom stereocenters. The Labute approximate surface area is 412 Å². The summed E-state index contributed by atoms with van der Waals surface area (Å²) >= 11 is 0. The lowest BCUT2D eigenvalue weighted by Crippen LogP contribution is -2.30. The van der Waals surface area contributed by atoms with E-state index in [1.807, 2.05) is 54.7 Å². The Kier molecular flexibility index (Phi) is 51.5. The van der Waals surface area contributed by atoms with Gasteiger partial charge in [0.2, 0.25) is 0 Å². The predicted molar refractivity (Wildman–Crippen MR) is 288 cm³/mol. The molecule has 1 unspecified atom stereocenters. The Morgan fingerprint density at radius 3 is 1.00 bits per heavy atom. The minimum Gasteiger partial charge on any atom is -0.462 e. The van der Waals surface area contributed by atoms with Crippen LogP contribution in [0.3, 0.4) is 0 Å². The Morgan fingerprint density at radius 2 is 0.597 bits per heavy atom. The first-order chi connectivity index (χ1) is 33.0. The second-order valence-electron chi connectivity index (χ2n) is 18.0. The van der Waals surface area contributed by atoms with Gasteiger partial charge in [-0.2, -0.15) is 0 Å². The molecule has 0 aromatic rings. The maximum absolute atomic E-state index is 12.8. The molecule has 0 aliphatic carbocycles. The van der Waals surface area contributed by atoms with Gasteiger partial charge in [0.15, 0.2) is 6.10 Å². The van der Waals surface area contributed by atoms with Gasteiger partial charge in [-0.3, -0.25) is 14.4 Å². The Hall–Kier alpha value is -3.93. The molecule has 380 valence electrons. The molecule has 0 heterocycles. The minimum absolute atomic E-state index is 0.113. The lowest BCUT2D eigenvalue weighted by atomic mass is 10.0. The van der Waals surface area contributed by atoms with Crippen LogP contribution < -0.4 is 0 Å².